The summed E-state index contributed by atoms with van der Waals surface area (Å²) in [5.41, 5.74) is 2.99. The maximum Gasteiger partial charge on any atom is 0.332 e. The van der Waals surface area contributed by atoms with Crippen LogP contribution in [0.15, 0.2) is 33.9 Å². The molecule has 0 spiro atoms. The van der Waals surface area contributed by atoms with Crippen LogP contribution < -0.4 is 16.0 Å². The number of hydrogen-bond acceptors (Lipinski definition) is 5. The number of benzene rings is 1. The second-order valence-electron chi connectivity index (χ2n) is 8.83. The highest BCUT2D eigenvalue weighted by atomic mass is 16.5. The lowest BCUT2D eigenvalue weighted by atomic mass is 10.1. The number of ether oxygens (including phenoxy) is 1. The van der Waals surface area contributed by atoms with Crippen molar-refractivity contribution in [2.75, 3.05) is 26.7 Å². The molecule has 33 heavy (non-hydrogen) atoms. The number of imidazole rings is 2. The molecule has 3 aromatic heterocycles. The number of aromatic nitrogens is 5. The van der Waals surface area contributed by atoms with E-state index in [0.717, 1.165) is 35.9 Å². The normalized spacial score (nSPS) is 15.0. The summed E-state index contributed by atoms with van der Waals surface area (Å²) >= 11 is 0. The van der Waals surface area contributed by atoms with Crippen molar-refractivity contribution in [2.45, 2.75) is 39.7 Å². The number of fused-ring (bicyclic) bond motifs is 3. The lowest BCUT2D eigenvalue weighted by molar-refractivity contribution is 0.218. The first-order chi connectivity index (χ1) is 15.9. The molecule has 0 aliphatic carbocycles. The predicted octanol–water partition coefficient (Wildman–Crippen LogP) is 2.25. The zero-order chi connectivity index (χ0) is 23.3. The average Bonchev–Trinajstić information content (AvgIpc) is 3.33. The smallest absolute Gasteiger partial charge is 0.332 e. The minimum absolute atomic E-state index is 0.288. The molecule has 0 radical (unpaired) electrons. The number of nitrogens with zero attached hydrogens (tertiary/aromatic N) is 6. The number of aryl methyl sites for hydroxylation is 2. The standard InChI is InChI=1S/C24H30N6O3/c1-16-17(2)30-20-21(25-23(30)29(16)18-9-8-10-19(15-18)33-4)26(3)24(32)28(22(20)31)14-13-27-11-6-5-7-12-27/h8-10,15H,5-7,11-14H2,1-4H3. The quantitative estimate of drug-likeness (QED) is 0.466. The Hall–Kier alpha value is -3.33. The fourth-order valence-electron chi connectivity index (χ4n) is 4.93. The summed E-state index contributed by atoms with van der Waals surface area (Å²) in [5.74, 6) is 1.34. The van der Waals surface area contributed by atoms with Gasteiger partial charge in [0.25, 0.3) is 5.56 Å². The molecule has 0 saturated carbocycles. The third-order valence-corrected chi connectivity index (χ3v) is 6.92. The van der Waals surface area contributed by atoms with Crippen LogP contribution in [0, 0.1) is 13.8 Å². The minimum atomic E-state index is -0.326. The summed E-state index contributed by atoms with van der Waals surface area (Å²) in [7, 11) is 3.32. The van der Waals surface area contributed by atoms with Gasteiger partial charge < -0.3 is 9.64 Å². The van der Waals surface area contributed by atoms with E-state index in [9.17, 15) is 9.59 Å². The fourth-order valence-corrected chi connectivity index (χ4v) is 4.93. The van der Waals surface area contributed by atoms with Gasteiger partial charge in [0.2, 0.25) is 5.78 Å². The van der Waals surface area contributed by atoms with Crippen molar-refractivity contribution in [3.8, 4) is 11.4 Å². The van der Waals surface area contributed by atoms with Gasteiger partial charge in [0.15, 0.2) is 11.2 Å². The van der Waals surface area contributed by atoms with E-state index in [-0.39, 0.29) is 11.2 Å². The van der Waals surface area contributed by atoms with E-state index in [1.807, 2.05) is 47.1 Å². The molecule has 1 aliphatic rings. The summed E-state index contributed by atoms with van der Waals surface area (Å²) < 4.78 is 12.1. The van der Waals surface area contributed by atoms with E-state index in [2.05, 4.69) is 4.90 Å². The molecule has 4 heterocycles. The SMILES string of the molecule is COc1cccc(-n2c(C)c(C)n3c4c(=O)n(CCN5CCCCC5)c(=O)n(C)c4nc23)c1. The molecule has 1 fully saturated rings. The number of hydrogen-bond donors (Lipinski definition) is 0. The summed E-state index contributed by atoms with van der Waals surface area (Å²) in [4.78, 5) is 33.8. The van der Waals surface area contributed by atoms with Gasteiger partial charge in [-0.05, 0) is 51.9 Å². The molecule has 174 valence electrons. The van der Waals surface area contributed by atoms with E-state index >= 15 is 0 Å². The first-order valence-corrected chi connectivity index (χ1v) is 11.5. The van der Waals surface area contributed by atoms with Gasteiger partial charge in [-0.3, -0.25) is 22.9 Å². The molecule has 1 aliphatic heterocycles. The van der Waals surface area contributed by atoms with Crippen molar-refractivity contribution >= 4 is 16.9 Å². The van der Waals surface area contributed by atoms with E-state index in [0.29, 0.717) is 30.0 Å². The Morgan fingerprint density at radius 2 is 1.79 bits per heavy atom. The zero-order valence-corrected chi connectivity index (χ0v) is 19.7. The molecule has 0 amide bonds. The monoisotopic (exact) mass is 450 g/mol. The average molecular weight is 451 g/mol. The molecule has 0 N–H and O–H groups in total. The lowest BCUT2D eigenvalue weighted by Crippen LogP contribution is -2.43. The van der Waals surface area contributed by atoms with Gasteiger partial charge in [0.1, 0.15) is 5.75 Å². The largest absolute Gasteiger partial charge is 0.497 e. The first-order valence-electron chi connectivity index (χ1n) is 11.5. The van der Waals surface area contributed by atoms with Crippen molar-refractivity contribution in [1.29, 1.82) is 0 Å². The minimum Gasteiger partial charge on any atom is -0.497 e. The van der Waals surface area contributed by atoms with Gasteiger partial charge >= 0.3 is 5.69 Å². The Labute approximate surface area is 191 Å². The molecule has 1 aromatic carbocycles. The van der Waals surface area contributed by atoms with Crippen LogP contribution in [0.4, 0.5) is 0 Å². The lowest BCUT2D eigenvalue weighted by Gasteiger charge is -2.26. The second-order valence-corrected chi connectivity index (χ2v) is 8.83. The third kappa shape index (κ3) is 3.38. The summed E-state index contributed by atoms with van der Waals surface area (Å²) in [6.45, 7) is 7.11. The van der Waals surface area contributed by atoms with Crippen molar-refractivity contribution in [3.63, 3.8) is 0 Å². The van der Waals surface area contributed by atoms with Gasteiger partial charge in [-0.2, -0.15) is 4.98 Å². The number of methoxy groups -OCH3 is 1. The molecular formula is C24H30N6O3. The molecular weight excluding hydrogens is 420 g/mol. The Kier molecular flexibility index (Phi) is 5.36. The van der Waals surface area contributed by atoms with Crippen LogP contribution in [-0.2, 0) is 13.6 Å². The zero-order valence-electron chi connectivity index (χ0n) is 19.7. The molecule has 5 rings (SSSR count). The topological polar surface area (TPSA) is 78.7 Å². The molecule has 0 bridgehead atoms. The Balaban J connectivity index is 1.70. The molecule has 9 nitrogen and oxygen atoms in total. The highest BCUT2D eigenvalue weighted by Crippen LogP contribution is 2.26. The van der Waals surface area contributed by atoms with E-state index in [1.165, 1.54) is 28.4 Å². The van der Waals surface area contributed by atoms with Crippen molar-refractivity contribution < 1.29 is 4.74 Å². The summed E-state index contributed by atoms with van der Waals surface area (Å²) in [6.07, 6.45) is 3.60. The van der Waals surface area contributed by atoms with Crippen LogP contribution in [0.2, 0.25) is 0 Å². The maximum absolute atomic E-state index is 13.6. The second kappa shape index (κ2) is 8.22. The van der Waals surface area contributed by atoms with Gasteiger partial charge in [0, 0.05) is 37.6 Å². The number of piperidine rings is 1. The maximum atomic E-state index is 13.6. The van der Waals surface area contributed by atoms with Gasteiger partial charge in [-0.1, -0.05) is 12.5 Å². The van der Waals surface area contributed by atoms with E-state index in [4.69, 9.17) is 9.72 Å². The number of rotatable bonds is 5. The van der Waals surface area contributed by atoms with Gasteiger partial charge in [-0.15, -0.1) is 0 Å². The molecule has 4 aromatic rings. The Bertz CT molecular complexity index is 1470. The molecule has 9 heteroatoms. The highest BCUT2D eigenvalue weighted by Gasteiger charge is 2.23. The van der Waals surface area contributed by atoms with E-state index < -0.39 is 0 Å². The van der Waals surface area contributed by atoms with Gasteiger partial charge in [0.05, 0.1) is 12.8 Å². The Morgan fingerprint density at radius 1 is 1.03 bits per heavy atom. The van der Waals surface area contributed by atoms with Crippen molar-refractivity contribution in [2.24, 2.45) is 7.05 Å². The van der Waals surface area contributed by atoms with Crippen molar-refractivity contribution in [1.82, 2.24) is 28.0 Å². The van der Waals surface area contributed by atoms with Crippen LogP contribution in [0.5, 0.6) is 5.75 Å². The van der Waals surface area contributed by atoms with Crippen LogP contribution in [-0.4, -0.2) is 54.7 Å². The summed E-state index contributed by atoms with van der Waals surface area (Å²) in [5, 5.41) is 0. The highest BCUT2D eigenvalue weighted by molar-refractivity contribution is 5.77. The summed E-state index contributed by atoms with van der Waals surface area (Å²) in [6, 6.07) is 7.72. The van der Waals surface area contributed by atoms with Gasteiger partial charge in [-0.25, -0.2) is 4.79 Å². The number of likely N-dealkylation sites (tertiary alicyclic amines) is 1. The van der Waals surface area contributed by atoms with Crippen molar-refractivity contribution in [3.05, 3.63) is 56.5 Å². The van der Waals surface area contributed by atoms with E-state index in [1.54, 1.807) is 14.2 Å². The van der Waals surface area contributed by atoms with Crippen LogP contribution >= 0.6 is 0 Å². The van der Waals surface area contributed by atoms with Crippen LogP contribution in [0.1, 0.15) is 30.7 Å². The molecule has 0 atom stereocenters. The van der Waals surface area contributed by atoms with Crippen LogP contribution in [0.25, 0.3) is 22.6 Å². The fraction of sp³-hybridized carbons (Fsp3) is 0.458. The Morgan fingerprint density at radius 3 is 2.52 bits per heavy atom. The third-order valence-electron chi connectivity index (χ3n) is 6.92. The van der Waals surface area contributed by atoms with Crippen LogP contribution in [0.3, 0.4) is 0 Å². The first kappa shape index (κ1) is 21.5. The predicted molar refractivity (Wildman–Crippen MR) is 128 cm³/mol. The molecule has 0 unspecified atom stereocenters. The molecule has 1 saturated heterocycles.